The van der Waals surface area contributed by atoms with Gasteiger partial charge in [0.1, 0.15) is 0 Å². The number of fused-ring (bicyclic) bond motifs is 15. The molecule has 4 aliphatic rings. The fraction of sp³-hybridized carbons (Fsp3) is 0.325. The molecule has 9 aromatic carbocycles. The lowest BCUT2D eigenvalue weighted by molar-refractivity contribution is 0.587. The molecule has 0 atom stereocenters. The zero-order valence-electron chi connectivity index (χ0n) is 50.8. The second-order valence-corrected chi connectivity index (χ2v) is 31.0. The quantitative estimate of drug-likeness (QED) is 0.145. The van der Waals surface area contributed by atoms with Crippen LogP contribution in [0.25, 0.3) is 88.0 Å². The molecule has 5 heterocycles. The van der Waals surface area contributed by atoms with Gasteiger partial charge in [0.15, 0.2) is 0 Å². The van der Waals surface area contributed by atoms with E-state index < -0.39 is 5.41 Å². The van der Waals surface area contributed by atoms with E-state index in [9.17, 15) is 0 Å². The van der Waals surface area contributed by atoms with Crippen LogP contribution in [0.5, 0.6) is 0 Å². The van der Waals surface area contributed by atoms with E-state index in [4.69, 9.17) is 0 Å². The molecule has 11 aromatic rings. The SMILES string of the molecule is CC(C)(C)c1cc(-c2cc3c4c5c2-n2c6ccc(C(C)(C)C)cc6c6cc(C(C)(C)C)cc(c62)B5c2cc(C(C)(C)C)cc5c6cc(C(C)(C)C)cc(c6n-4c25)C32c3ccccc3-c3ccccc32)c2cccc(C(C)(C)C)c2c1. The molecule has 0 saturated carbocycles. The van der Waals surface area contributed by atoms with Crippen LogP contribution in [-0.2, 0) is 37.9 Å². The van der Waals surface area contributed by atoms with Crippen molar-refractivity contribution < 1.29 is 0 Å². The maximum Gasteiger partial charge on any atom is 0.252 e. The van der Waals surface area contributed by atoms with Crippen LogP contribution < -0.4 is 16.4 Å². The summed E-state index contributed by atoms with van der Waals surface area (Å²) in [5, 5.41) is 8.09. The molecule has 1 aliphatic carbocycles. The summed E-state index contributed by atoms with van der Waals surface area (Å²) >= 11 is 0. The van der Waals surface area contributed by atoms with Crippen LogP contribution in [0.2, 0.25) is 0 Å². The Kier molecular flexibility index (Phi) is 9.52. The number of rotatable bonds is 1. The molecule has 0 unspecified atom stereocenters. The molecule has 398 valence electrons. The maximum atomic E-state index is 2.83. The van der Waals surface area contributed by atoms with Crippen LogP contribution in [0.3, 0.4) is 0 Å². The molecule has 2 nitrogen and oxygen atoms in total. The van der Waals surface area contributed by atoms with Gasteiger partial charge in [-0.2, -0.15) is 0 Å². The summed E-state index contributed by atoms with van der Waals surface area (Å²) < 4.78 is 5.62. The number of hydrogen-bond donors (Lipinski definition) is 0. The van der Waals surface area contributed by atoms with Gasteiger partial charge in [0.05, 0.1) is 22.1 Å². The van der Waals surface area contributed by atoms with Gasteiger partial charge in [-0.3, -0.25) is 0 Å². The third kappa shape index (κ3) is 6.33. The van der Waals surface area contributed by atoms with Crippen molar-refractivity contribution in [3.05, 3.63) is 195 Å². The summed E-state index contributed by atoms with van der Waals surface area (Å²) in [6.07, 6.45) is 0. The van der Waals surface area contributed by atoms with Crippen LogP contribution in [0, 0.1) is 0 Å². The maximum absolute atomic E-state index is 2.83. The Labute approximate surface area is 475 Å². The van der Waals surface area contributed by atoms with E-state index in [1.807, 2.05) is 0 Å². The number of nitrogens with zero attached hydrogens (tertiary/aromatic N) is 2. The van der Waals surface area contributed by atoms with E-state index in [-0.39, 0.29) is 39.2 Å². The second kappa shape index (κ2) is 15.3. The fourth-order valence-corrected chi connectivity index (χ4v) is 15.5. The van der Waals surface area contributed by atoms with Gasteiger partial charge in [0.25, 0.3) is 6.71 Å². The van der Waals surface area contributed by atoms with Crippen molar-refractivity contribution in [3.63, 3.8) is 0 Å². The lowest BCUT2D eigenvalue weighted by Crippen LogP contribution is -2.61. The highest BCUT2D eigenvalue weighted by Crippen LogP contribution is 2.63. The van der Waals surface area contributed by atoms with Crippen LogP contribution in [-0.4, -0.2) is 15.8 Å². The van der Waals surface area contributed by atoms with Gasteiger partial charge in [-0.1, -0.05) is 222 Å². The smallest absolute Gasteiger partial charge is 0.252 e. The van der Waals surface area contributed by atoms with Crippen LogP contribution >= 0.6 is 0 Å². The van der Waals surface area contributed by atoms with E-state index in [0.29, 0.717) is 0 Å². The molecule has 0 fully saturated rings. The predicted molar refractivity (Wildman–Crippen MR) is 346 cm³/mol. The highest BCUT2D eigenvalue weighted by Gasteiger charge is 2.55. The van der Waals surface area contributed by atoms with Crippen molar-refractivity contribution in [3.8, 4) is 33.6 Å². The van der Waals surface area contributed by atoms with Gasteiger partial charge in [-0.25, -0.2) is 0 Å². The average Bonchev–Trinajstić information content (AvgIpc) is 2.36. The number of benzene rings is 9. The Morgan fingerprint density at radius 1 is 0.312 bits per heavy atom. The molecule has 0 bridgehead atoms. The first kappa shape index (κ1) is 49.9. The van der Waals surface area contributed by atoms with Gasteiger partial charge in [-0.05, 0) is 174 Å². The Balaban J connectivity index is 1.28. The van der Waals surface area contributed by atoms with Crippen molar-refractivity contribution in [2.24, 2.45) is 0 Å². The molecule has 3 aliphatic heterocycles. The first-order valence-corrected chi connectivity index (χ1v) is 29.8. The molecule has 80 heavy (non-hydrogen) atoms. The molecule has 1 spiro atoms. The van der Waals surface area contributed by atoms with Crippen molar-refractivity contribution in [1.82, 2.24) is 9.13 Å². The van der Waals surface area contributed by atoms with Crippen molar-refractivity contribution in [2.75, 3.05) is 0 Å². The topological polar surface area (TPSA) is 9.86 Å². The summed E-state index contributed by atoms with van der Waals surface area (Å²) in [5.74, 6) is 0. The Morgan fingerprint density at radius 2 is 0.800 bits per heavy atom. The fourth-order valence-electron chi connectivity index (χ4n) is 15.5. The normalized spacial score (nSPS) is 15.2. The standard InChI is InChI=1S/C77H77BN2/c1-71(2,3)42-30-31-64-52(32-42)53-36-45(74(10,11)12)39-62-67(53)79(64)69-56(50-33-43(72(4,5)6)34-51-47(50)26-23-29-57(51)76(16,17)18)41-61-70-65(69)78(62)63-40-46(75(13,14)15)37-55-54-35-44(73(7,8)9)38-60(66(54)80(70)68(55)63)77(61)58-27-21-19-24-48(58)49-25-20-22-28-59(49)77/h19-41H,1-18H3. The van der Waals surface area contributed by atoms with E-state index in [0.717, 1.165) is 0 Å². The molecule has 3 heteroatoms. The minimum absolute atomic E-state index is 0.0335. The zero-order chi connectivity index (χ0) is 56.2. The first-order chi connectivity index (χ1) is 37.5. The molecule has 15 rings (SSSR count). The van der Waals surface area contributed by atoms with Crippen molar-refractivity contribution in [2.45, 2.75) is 163 Å². The zero-order valence-corrected chi connectivity index (χ0v) is 50.8. The van der Waals surface area contributed by atoms with E-state index in [2.05, 4.69) is 273 Å². The minimum Gasteiger partial charge on any atom is -0.310 e. The number of hydrogen-bond acceptors (Lipinski definition) is 0. The Bertz CT molecular complexity index is 4590. The Hall–Kier alpha value is -7.10. The highest BCUT2D eigenvalue weighted by atomic mass is 15.1. The molecular weight excluding hydrogens is 964 g/mol. The monoisotopic (exact) mass is 1040 g/mol. The summed E-state index contributed by atoms with van der Waals surface area (Å²) in [5.41, 5.74) is 30.2. The van der Waals surface area contributed by atoms with Gasteiger partial charge in [-0.15, -0.1) is 0 Å². The second-order valence-electron chi connectivity index (χ2n) is 31.0. The van der Waals surface area contributed by atoms with E-state index in [1.54, 1.807) is 0 Å². The molecule has 2 aromatic heterocycles. The lowest BCUT2D eigenvalue weighted by Gasteiger charge is -2.45. The molecule has 0 saturated heterocycles. The summed E-state index contributed by atoms with van der Waals surface area (Å²) in [6, 6.07) is 57.3. The molecule has 0 amide bonds. The summed E-state index contributed by atoms with van der Waals surface area (Å²) in [6.45, 7) is 43.2. The van der Waals surface area contributed by atoms with E-state index >= 15 is 0 Å². The highest BCUT2D eigenvalue weighted by molar-refractivity contribution is 7.00. The molecule has 0 N–H and O–H groups in total. The molecule has 0 radical (unpaired) electrons. The van der Waals surface area contributed by atoms with Gasteiger partial charge < -0.3 is 9.13 Å². The summed E-state index contributed by atoms with van der Waals surface area (Å²) in [7, 11) is 0. The predicted octanol–water partition coefficient (Wildman–Crippen LogP) is 18.3. The lowest BCUT2D eigenvalue weighted by atomic mass is 9.33. The molecular formula is C77H77BN2. The van der Waals surface area contributed by atoms with Gasteiger partial charge in [0.2, 0.25) is 0 Å². The minimum atomic E-state index is -0.650. The summed E-state index contributed by atoms with van der Waals surface area (Å²) in [4.78, 5) is 0. The van der Waals surface area contributed by atoms with Crippen LogP contribution in [0.15, 0.2) is 140 Å². The van der Waals surface area contributed by atoms with Gasteiger partial charge >= 0.3 is 0 Å². The Morgan fingerprint density at radius 3 is 1.36 bits per heavy atom. The number of aromatic nitrogens is 2. The van der Waals surface area contributed by atoms with E-state index in [1.165, 1.54) is 160 Å². The average molecular weight is 1040 g/mol. The third-order valence-electron chi connectivity index (χ3n) is 19.7. The largest absolute Gasteiger partial charge is 0.310 e. The van der Waals surface area contributed by atoms with Crippen LogP contribution in [0.1, 0.15) is 180 Å². The third-order valence-corrected chi connectivity index (χ3v) is 19.7. The van der Waals surface area contributed by atoms with Crippen molar-refractivity contribution in [1.29, 1.82) is 0 Å². The van der Waals surface area contributed by atoms with Crippen LogP contribution in [0.4, 0.5) is 0 Å². The first-order valence-electron chi connectivity index (χ1n) is 29.8. The van der Waals surface area contributed by atoms with Gasteiger partial charge in [0, 0.05) is 43.8 Å². The van der Waals surface area contributed by atoms with Crippen molar-refractivity contribution >= 4 is 77.5 Å².